The first-order chi connectivity index (χ1) is 13.8. The van der Waals surface area contributed by atoms with Crippen LogP contribution in [0.4, 0.5) is 0 Å². The van der Waals surface area contributed by atoms with Crippen molar-refractivity contribution in [2.24, 2.45) is 0 Å². The van der Waals surface area contributed by atoms with E-state index in [0.29, 0.717) is 24.7 Å². The van der Waals surface area contributed by atoms with Crippen molar-refractivity contribution in [1.29, 1.82) is 0 Å². The van der Waals surface area contributed by atoms with Gasteiger partial charge in [-0.2, -0.15) is 4.98 Å². The van der Waals surface area contributed by atoms with Gasteiger partial charge < -0.3 is 9.42 Å². The Labute approximate surface area is 172 Å². The van der Waals surface area contributed by atoms with Gasteiger partial charge >= 0.3 is 0 Å². The van der Waals surface area contributed by atoms with E-state index in [1.165, 1.54) is 4.90 Å². The third-order valence-corrected chi connectivity index (χ3v) is 6.50. The van der Waals surface area contributed by atoms with Crippen molar-refractivity contribution < 1.29 is 9.32 Å². The number of hydrogen-bond donors (Lipinski definition) is 0. The Bertz CT molecular complexity index is 875. The van der Waals surface area contributed by atoms with Crippen molar-refractivity contribution >= 4 is 29.0 Å². The molecule has 4 rings (SSSR count). The van der Waals surface area contributed by atoms with Crippen LogP contribution in [0.5, 0.6) is 0 Å². The highest BCUT2D eigenvalue weighted by Crippen LogP contribution is 2.22. The summed E-state index contributed by atoms with van der Waals surface area (Å²) in [5.74, 6) is 2.33. The van der Waals surface area contributed by atoms with Crippen molar-refractivity contribution in [3.63, 3.8) is 0 Å². The molecule has 1 amide bonds. The summed E-state index contributed by atoms with van der Waals surface area (Å²) in [5.41, 5.74) is 0. The van der Waals surface area contributed by atoms with Gasteiger partial charge in [0, 0.05) is 43.2 Å². The van der Waals surface area contributed by atoms with Crippen LogP contribution >= 0.6 is 23.1 Å². The van der Waals surface area contributed by atoms with E-state index >= 15 is 0 Å². The van der Waals surface area contributed by atoms with Crippen LogP contribution in [-0.2, 0) is 11.3 Å². The molecule has 3 aromatic rings. The van der Waals surface area contributed by atoms with Crippen LogP contribution in [0.1, 0.15) is 12.3 Å². The Kier molecular flexibility index (Phi) is 6.41. The first-order valence-corrected chi connectivity index (χ1v) is 11.2. The van der Waals surface area contributed by atoms with E-state index in [1.54, 1.807) is 23.1 Å². The van der Waals surface area contributed by atoms with Crippen LogP contribution in [0, 0.1) is 0 Å². The highest BCUT2D eigenvalue weighted by molar-refractivity contribution is 7.99. The summed E-state index contributed by atoms with van der Waals surface area (Å²) in [5, 5.41) is 6.06. The first-order valence-electron chi connectivity index (χ1n) is 9.32. The minimum Gasteiger partial charge on any atom is -0.340 e. The van der Waals surface area contributed by atoms with Gasteiger partial charge in [-0.05, 0) is 23.6 Å². The van der Waals surface area contributed by atoms with Crippen molar-refractivity contribution in [3.05, 3.63) is 53.7 Å². The van der Waals surface area contributed by atoms with Gasteiger partial charge in [-0.3, -0.25) is 9.69 Å². The molecule has 1 aliphatic rings. The Morgan fingerprint density at radius 3 is 2.68 bits per heavy atom. The molecule has 0 bridgehead atoms. The number of carbonyl (C=O) groups is 1. The van der Waals surface area contributed by atoms with Crippen molar-refractivity contribution in [2.75, 3.05) is 31.9 Å². The fraction of sp³-hybridized carbons (Fsp3) is 0.350. The lowest BCUT2D eigenvalue weighted by atomic mass is 10.3. The van der Waals surface area contributed by atoms with Crippen LogP contribution in [0.2, 0.25) is 0 Å². The molecular weight excluding hydrogens is 392 g/mol. The lowest BCUT2D eigenvalue weighted by molar-refractivity contribution is -0.132. The van der Waals surface area contributed by atoms with E-state index in [2.05, 4.69) is 27.2 Å². The second-order valence-electron chi connectivity index (χ2n) is 6.56. The average Bonchev–Trinajstić information content (AvgIpc) is 3.41. The Morgan fingerprint density at radius 1 is 1.11 bits per heavy atom. The van der Waals surface area contributed by atoms with Crippen LogP contribution in [0.25, 0.3) is 10.7 Å². The molecule has 1 aromatic carbocycles. The molecule has 1 aliphatic heterocycles. The van der Waals surface area contributed by atoms with Gasteiger partial charge in [0.15, 0.2) is 0 Å². The van der Waals surface area contributed by atoms with Crippen molar-refractivity contribution in [3.8, 4) is 10.7 Å². The molecule has 28 heavy (non-hydrogen) atoms. The molecule has 0 aliphatic carbocycles. The van der Waals surface area contributed by atoms with E-state index < -0.39 is 0 Å². The molecule has 1 saturated heterocycles. The van der Waals surface area contributed by atoms with Crippen LogP contribution in [0.15, 0.2) is 57.3 Å². The third kappa shape index (κ3) is 5.01. The number of thiophene rings is 1. The number of piperazine rings is 1. The lowest BCUT2D eigenvalue weighted by Gasteiger charge is -2.34. The quantitative estimate of drug-likeness (QED) is 0.550. The van der Waals surface area contributed by atoms with Gasteiger partial charge in [0.05, 0.1) is 11.4 Å². The molecule has 146 valence electrons. The fourth-order valence-electron chi connectivity index (χ4n) is 3.10. The maximum Gasteiger partial charge on any atom is 0.241 e. The molecule has 1 fully saturated rings. The minimum absolute atomic E-state index is 0.237. The predicted octanol–water partition coefficient (Wildman–Crippen LogP) is 3.62. The van der Waals surface area contributed by atoms with Crippen LogP contribution in [0.3, 0.4) is 0 Å². The molecule has 2 aromatic heterocycles. The van der Waals surface area contributed by atoms with Crippen LogP contribution < -0.4 is 0 Å². The zero-order valence-electron chi connectivity index (χ0n) is 15.5. The highest BCUT2D eigenvalue weighted by Gasteiger charge is 2.22. The van der Waals surface area contributed by atoms with Gasteiger partial charge in [0.1, 0.15) is 0 Å². The van der Waals surface area contributed by atoms with Gasteiger partial charge in [-0.15, -0.1) is 23.1 Å². The largest absolute Gasteiger partial charge is 0.340 e. The Morgan fingerprint density at radius 2 is 1.93 bits per heavy atom. The number of thioether (sulfide) groups is 1. The number of nitrogens with zero attached hydrogens (tertiary/aromatic N) is 4. The predicted molar refractivity (Wildman–Crippen MR) is 111 cm³/mol. The maximum atomic E-state index is 12.4. The smallest absolute Gasteiger partial charge is 0.241 e. The van der Waals surface area contributed by atoms with Crippen molar-refractivity contribution in [1.82, 2.24) is 19.9 Å². The molecular formula is C20H22N4O2S2. The molecule has 0 radical (unpaired) electrons. The minimum atomic E-state index is 0.237. The van der Waals surface area contributed by atoms with Gasteiger partial charge in [-0.1, -0.05) is 29.4 Å². The Balaban J connectivity index is 1.19. The number of benzene rings is 1. The van der Waals surface area contributed by atoms with Gasteiger partial charge in [0.2, 0.25) is 17.6 Å². The Hall–Kier alpha value is -2.16. The van der Waals surface area contributed by atoms with E-state index in [4.69, 9.17) is 4.52 Å². The molecule has 8 heteroatoms. The van der Waals surface area contributed by atoms with Gasteiger partial charge in [0.25, 0.3) is 0 Å². The summed E-state index contributed by atoms with van der Waals surface area (Å²) in [6.45, 7) is 3.79. The number of amides is 1. The van der Waals surface area contributed by atoms with E-state index in [9.17, 15) is 4.79 Å². The van der Waals surface area contributed by atoms with Gasteiger partial charge in [-0.25, -0.2) is 0 Å². The van der Waals surface area contributed by atoms with Crippen molar-refractivity contribution in [2.45, 2.75) is 17.9 Å². The molecule has 0 N–H and O–H groups in total. The molecule has 0 saturated carbocycles. The van der Waals surface area contributed by atoms with E-state index in [0.717, 1.165) is 36.8 Å². The highest BCUT2D eigenvalue weighted by atomic mass is 32.2. The average molecular weight is 415 g/mol. The number of rotatable bonds is 7. The topological polar surface area (TPSA) is 62.5 Å². The fourth-order valence-corrected chi connectivity index (χ4v) is 4.61. The number of carbonyl (C=O) groups excluding carboxylic acids is 1. The molecule has 6 nitrogen and oxygen atoms in total. The number of hydrogen-bond acceptors (Lipinski definition) is 7. The zero-order valence-corrected chi connectivity index (χ0v) is 17.1. The first kappa shape index (κ1) is 19.2. The summed E-state index contributed by atoms with van der Waals surface area (Å²) in [7, 11) is 0. The summed E-state index contributed by atoms with van der Waals surface area (Å²) >= 11 is 3.33. The summed E-state index contributed by atoms with van der Waals surface area (Å²) in [4.78, 5) is 23.4. The second-order valence-corrected chi connectivity index (χ2v) is 8.67. The monoisotopic (exact) mass is 414 g/mol. The summed E-state index contributed by atoms with van der Waals surface area (Å²) < 4.78 is 5.38. The third-order valence-electron chi connectivity index (χ3n) is 4.62. The van der Waals surface area contributed by atoms with Crippen LogP contribution in [-0.4, -0.2) is 57.8 Å². The molecule has 0 unspecified atom stereocenters. The van der Waals surface area contributed by atoms with E-state index in [1.807, 2.05) is 40.6 Å². The summed E-state index contributed by atoms with van der Waals surface area (Å²) in [6, 6.07) is 14.2. The van der Waals surface area contributed by atoms with E-state index in [-0.39, 0.29) is 5.91 Å². The second kappa shape index (κ2) is 9.36. The SMILES string of the molecule is O=C(CCSc1ccccc1)N1CCN(Cc2nc(-c3cccs3)no2)CC1. The normalized spacial score (nSPS) is 15.1. The molecule has 3 heterocycles. The zero-order chi connectivity index (χ0) is 19.2. The number of aromatic nitrogens is 2. The molecule has 0 atom stereocenters. The lowest BCUT2D eigenvalue weighted by Crippen LogP contribution is -2.48. The summed E-state index contributed by atoms with van der Waals surface area (Å²) in [6.07, 6.45) is 0.577. The standard InChI is InChI=1S/C20H22N4O2S2/c25-19(8-14-27-16-5-2-1-3-6-16)24-11-9-23(10-12-24)15-18-21-20(22-26-18)17-7-4-13-28-17/h1-7,13H,8-12,14-15H2. The maximum absolute atomic E-state index is 12.4. The molecule has 0 spiro atoms.